The number of allylic oxidation sites excluding steroid dienone is 2. The lowest BCUT2D eigenvalue weighted by atomic mass is 10.4. The molecule has 2 aliphatic rings. The van der Waals surface area contributed by atoms with Crippen LogP contribution in [0.3, 0.4) is 0 Å². The van der Waals surface area contributed by atoms with E-state index in [0.29, 0.717) is 5.88 Å². The maximum Gasteiger partial charge on any atom is 0.395 e. The van der Waals surface area contributed by atoms with Crippen LogP contribution in [0.15, 0.2) is 24.1 Å². The molecule has 0 atom stereocenters. The average molecular weight is 155 g/mol. The SMILES string of the molecule is O=C1OC2=CC=CCN2S1. The van der Waals surface area contributed by atoms with Crippen molar-refractivity contribution in [2.45, 2.75) is 0 Å². The summed E-state index contributed by atoms with van der Waals surface area (Å²) in [5.41, 5.74) is 0. The fourth-order valence-corrected chi connectivity index (χ4v) is 1.49. The zero-order chi connectivity index (χ0) is 6.97. The Morgan fingerprint density at radius 3 is 3.40 bits per heavy atom. The number of rotatable bonds is 0. The molecular weight excluding hydrogens is 150 g/mol. The molecule has 0 bridgehead atoms. The van der Waals surface area contributed by atoms with Crippen LogP contribution in [0.5, 0.6) is 0 Å². The molecule has 0 aromatic heterocycles. The number of ether oxygens (including phenoxy) is 1. The molecule has 0 aromatic carbocycles. The lowest BCUT2D eigenvalue weighted by molar-refractivity contribution is 0.198. The van der Waals surface area contributed by atoms with Gasteiger partial charge >= 0.3 is 5.30 Å². The van der Waals surface area contributed by atoms with Gasteiger partial charge in [-0.15, -0.1) is 0 Å². The van der Waals surface area contributed by atoms with Gasteiger partial charge < -0.3 is 4.74 Å². The van der Waals surface area contributed by atoms with E-state index in [9.17, 15) is 4.79 Å². The van der Waals surface area contributed by atoms with Gasteiger partial charge in [-0.25, -0.2) is 4.79 Å². The summed E-state index contributed by atoms with van der Waals surface area (Å²) in [5, 5.41) is -0.241. The highest BCUT2D eigenvalue weighted by Crippen LogP contribution is 2.30. The molecule has 0 aliphatic carbocycles. The van der Waals surface area contributed by atoms with Crippen molar-refractivity contribution in [1.29, 1.82) is 0 Å². The molecule has 3 nitrogen and oxygen atoms in total. The first-order chi connectivity index (χ1) is 4.86. The third kappa shape index (κ3) is 0.806. The van der Waals surface area contributed by atoms with Crippen molar-refractivity contribution in [3.8, 4) is 0 Å². The van der Waals surface area contributed by atoms with Gasteiger partial charge in [0.15, 0.2) is 0 Å². The van der Waals surface area contributed by atoms with Gasteiger partial charge in [0.05, 0.1) is 18.5 Å². The van der Waals surface area contributed by atoms with Gasteiger partial charge in [-0.05, 0) is 6.08 Å². The van der Waals surface area contributed by atoms with Crippen molar-refractivity contribution in [3.05, 3.63) is 24.1 Å². The maximum atomic E-state index is 10.6. The van der Waals surface area contributed by atoms with E-state index in [4.69, 9.17) is 4.74 Å². The van der Waals surface area contributed by atoms with Crippen LogP contribution in [-0.2, 0) is 4.74 Å². The molecule has 2 heterocycles. The van der Waals surface area contributed by atoms with Crippen molar-refractivity contribution >= 4 is 17.2 Å². The molecule has 0 unspecified atom stereocenters. The van der Waals surface area contributed by atoms with E-state index in [1.165, 1.54) is 0 Å². The van der Waals surface area contributed by atoms with E-state index in [1.807, 2.05) is 16.5 Å². The third-order valence-corrected chi connectivity index (χ3v) is 2.05. The molecule has 0 amide bonds. The fourth-order valence-electron chi connectivity index (χ4n) is 0.841. The molecule has 4 heteroatoms. The Labute approximate surface area is 62.5 Å². The summed E-state index contributed by atoms with van der Waals surface area (Å²) in [7, 11) is 0. The van der Waals surface area contributed by atoms with Crippen molar-refractivity contribution in [1.82, 2.24) is 4.31 Å². The molecule has 0 saturated carbocycles. The second-order valence-electron chi connectivity index (χ2n) is 1.94. The summed E-state index contributed by atoms with van der Waals surface area (Å²) < 4.78 is 6.63. The Hall–Kier alpha value is -0.900. The minimum absolute atomic E-state index is 0.241. The second-order valence-corrected chi connectivity index (χ2v) is 2.89. The molecule has 1 fully saturated rings. The van der Waals surface area contributed by atoms with Crippen molar-refractivity contribution in [3.63, 3.8) is 0 Å². The Bertz CT molecular complexity index is 234. The second kappa shape index (κ2) is 2.05. The van der Waals surface area contributed by atoms with Crippen LogP contribution in [0, 0.1) is 0 Å². The summed E-state index contributed by atoms with van der Waals surface area (Å²) in [5.74, 6) is 0.650. The lowest BCUT2D eigenvalue weighted by Crippen LogP contribution is -2.11. The van der Waals surface area contributed by atoms with Gasteiger partial charge in [-0.2, -0.15) is 0 Å². The van der Waals surface area contributed by atoms with Gasteiger partial charge in [0.25, 0.3) is 0 Å². The van der Waals surface area contributed by atoms with E-state index < -0.39 is 0 Å². The Morgan fingerprint density at radius 1 is 1.70 bits per heavy atom. The normalized spacial score (nSPS) is 22.2. The van der Waals surface area contributed by atoms with Gasteiger partial charge in [-0.3, -0.25) is 4.31 Å². The summed E-state index contributed by atoms with van der Waals surface area (Å²) in [4.78, 5) is 10.6. The van der Waals surface area contributed by atoms with Crippen LogP contribution in [0.25, 0.3) is 0 Å². The molecule has 0 spiro atoms. The molecule has 2 aliphatic heterocycles. The van der Waals surface area contributed by atoms with E-state index in [1.54, 1.807) is 6.08 Å². The molecule has 0 N–H and O–H groups in total. The van der Waals surface area contributed by atoms with Crippen LogP contribution < -0.4 is 0 Å². The number of nitrogens with zero attached hydrogens (tertiary/aromatic N) is 1. The van der Waals surface area contributed by atoms with Crippen LogP contribution in [0.4, 0.5) is 4.79 Å². The van der Waals surface area contributed by atoms with Crippen LogP contribution in [0.2, 0.25) is 0 Å². The van der Waals surface area contributed by atoms with Crippen LogP contribution >= 0.6 is 11.9 Å². The number of carbonyl (C=O) groups is 1. The summed E-state index contributed by atoms with van der Waals surface area (Å²) in [6.07, 6.45) is 5.63. The Balaban J connectivity index is 2.26. The number of hydrogen-bond donors (Lipinski definition) is 0. The molecular formula is C6H5NO2S. The highest BCUT2D eigenvalue weighted by atomic mass is 32.2. The highest BCUT2D eigenvalue weighted by molar-refractivity contribution is 8.11. The van der Waals surface area contributed by atoms with Gasteiger partial charge in [0, 0.05) is 0 Å². The maximum absolute atomic E-state index is 10.6. The summed E-state index contributed by atoms with van der Waals surface area (Å²) >= 11 is 1.10. The predicted molar refractivity (Wildman–Crippen MR) is 38.0 cm³/mol. The Kier molecular flexibility index (Phi) is 1.20. The minimum atomic E-state index is -0.241. The molecule has 0 aromatic rings. The Morgan fingerprint density at radius 2 is 2.60 bits per heavy atom. The monoisotopic (exact) mass is 155 g/mol. The van der Waals surface area contributed by atoms with E-state index >= 15 is 0 Å². The van der Waals surface area contributed by atoms with Crippen LogP contribution in [0.1, 0.15) is 0 Å². The fraction of sp³-hybridized carbons (Fsp3) is 0.167. The van der Waals surface area contributed by atoms with E-state index in [2.05, 4.69) is 0 Å². The summed E-state index contributed by atoms with van der Waals surface area (Å²) in [6, 6.07) is 0. The van der Waals surface area contributed by atoms with Gasteiger partial charge in [0.2, 0.25) is 5.88 Å². The van der Waals surface area contributed by atoms with Crippen molar-refractivity contribution in [2.75, 3.05) is 6.54 Å². The molecule has 52 valence electrons. The molecule has 2 rings (SSSR count). The third-order valence-electron chi connectivity index (χ3n) is 1.26. The van der Waals surface area contributed by atoms with Crippen molar-refractivity contribution in [2.24, 2.45) is 0 Å². The first-order valence-corrected chi connectivity index (χ1v) is 3.68. The predicted octanol–water partition coefficient (Wildman–Crippen LogP) is 1.50. The van der Waals surface area contributed by atoms with E-state index in [-0.39, 0.29) is 5.30 Å². The zero-order valence-corrected chi connectivity index (χ0v) is 5.93. The largest absolute Gasteiger partial charge is 0.399 e. The zero-order valence-electron chi connectivity index (χ0n) is 5.11. The lowest BCUT2D eigenvalue weighted by Gasteiger charge is -2.12. The highest BCUT2D eigenvalue weighted by Gasteiger charge is 2.27. The molecule has 1 saturated heterocycles. The standard InChI is InChI=1S/C6H5NO2S/c8-6-9-5-3-1-2-4-7(5)10-6/h1-3H,4H2. The first kappa shape index (κ1) is 5.85. The topological polar surface area (TPSA) is 29.5 Å². The van der Waals surface area contributed by atoms with Gasteiger partial charge in [0.1, 0.15) is 0 Å². The van der Waals surface area contributed by atoms with E-state index in [0.717, 1.165) is 18.5 Å². The summed E-state index contributed by atoms with van der Waals surface area (Å²) in [6.45, 7) is 0.752. The first-order valence-electron chi connectivity index (χ1n) is 2.90. The number of fused-ring (bicyclic) bond motifs is 1. The average Bonchev–Trinajstić information content (AvgIpc) is 2.27. The van der Waals surface area contributed by atoms with Crippen LogP contribution in [-0.4, -0.2) is 16.2 Å². The molecule has 10 heavy (non-hydrogen) atoms. The molecule has 0 radical (unpaired) electrons. The number of hydrogen-bond acceptors (Lipinski definition) is 4. The number of carbonyl (C=O) groups excluding carboxylic acids is 1. The minimum Gasteiger partial charge on any atom is -0.399 e. The van der Waals surface area contributed by atoms with Crippen molar-refractivity contribution < 1.29 is 9.53 Å². The quantitative estimate of drug-likeness (QED) is 0.391. The smallest absolute Gasteiger partial charge is 0.395 e. The van der Waals surface area contributed by atoms with Gasteiger partial charge in [-0.1, -0.05) is 12.2 Å².